The molecule has 0 aliphatic rings. The Morgan fingerprint density at radius 3 is 1.30 bits per heavy atom. The van der Waals surface area contributed by atoms with Crippen LogP contribution in [0.1, 0.15) is 156 Å². The second-order valence-corrected chi connectivity index (χ2v) is 12.4. The van der Waals surface area contributed by atoms with E-state index in [1.807, 2.05) is 0 Å². The van der Waals surface area contributed by atoms with Crippen LogP contribution >= 0.6 is 0 Å². The molecule has 0 radical (unpaired) electrons. The van der Waals surface area contributed by atoms with Gasteiger partial charge >= 0.3 is 17.9 Å². The number of hydrogen-bond donors (Lipinski definition) is 0. The average molecular weight is 695 g/mol. The van der Waals surface area contributed by atoms with Crippen LogP contribution in [0.25, 0.3) is 0 Å². The molecule has 282 valence electrons. The summed E-state index contributed by atoms with van der Waals surface area (Å²) in [5.74, 6) is -1.06. The highest BCUT2D eigenvalue weighted by molar-refractivity contribution is 5.71. The van der Waals surface area contributed by atoms with Gasteiger partial charge < -0.3 is 14.2 Å². The molecule has 0 aliphatic carbocycles. The molecule has 0 rings (SSSR count). The summed E-state index contributed by atoms with van der Waals surface area (Å²) in [6.45, 7) is 6.20. The van der Waals surface area contributed by atoms with E-state index in [9.17, 15) is 14.4 Å². The van der Waals surface area contributed by atoms with Crippen LogP contribution in [0.3, 0.4) is 0 Å². The number of ether oxygens (including phenoxy) is 3. The van der Waals surface area contributed by atoms with Crippen LogP contribution in [0.2, 0.25) is 0 Å². The van der Waals surface area contributed by atoms with Crippen LogP contribution in [-0.2, 0) is 28.6 Å². The molecule has 0 saturated carbocycles. The molecule has 50 heavy (non-hydrogen) atoms. The Labute approximate surface area is 305 Å². The Morgan fingerprint density at radius 2 is 0.800 bits per heavy atom. The quantitative estimate of drug-likeness (QED) is 0.0294. The number of allylic oxidation sites excluding steroid dienone is 14. The molecule has 0 aliphatic heterocycles. The molecule has 0 N–H and O–H groups in total. The zero-order valence-electron chi connectivity index (χ0n) is 31.9. The molecule has 0 aromatic rings. The van der Waals surface area contributed by atoms with E-state index in [0.717, 1.165) is 89.9 Å². The Balaban J connectivity index is 4.57. The van der Waals surface area contributed by atoms with E-state index in [1.54, 1.807) is 0 Å². The van der Waals surface area contributed by atoms with Crippen LogP contribution in [0.4, 0.5) is 0 Å². The predicted octanol–water partition coefficient (Wildman–Crippen LogP) is 12.1. The predicted molar refractivity (Wildman–Crippen MR) is 210 cm³/mol. The normalized spacial score (nSPS) is 12.9. The Bertz CT molecular complexity index is 1030. The van der Waals surface area contributed by atoms with Gasteiger partial charge in [-0.15, -0.1) is 0 Å². The average Bonchev–Trinajstić information content (AvgIpc) is 3.11. The lowest BCUT2D eigenvalue weighted by atomic mass is 10.1. The SMILES string of the molecule is CC/C=C\C/C=C\C/C=C\CCCC(=O)OCC(COC(=O)CCCCCC/C=C\CCCC)OC(=O)CCC/C=C\C/C=C\C/C=C\CC. The third-order valence-electron chi connectivity index (χ3n) is 7.61. The van der Waals surface area contributed by atoms with E-state index in [4.69, 9.17) is 14.2 Å². The molecule has 0 saturated heterocycles. The highest BCUT2D eigenvalue weighted by Crippen LogP contribution is 2.10. The molecule has 0 spiro atoms. The van der Waals surface area contributed by atoms with E-state index in [1.165, 1.54) is 12.8 Å². The lowest BCUT2D eigenvalue weighted by molar-refractivity contribution is -0.167. The molecular weight excluding hydrogens is 624 g/mol. The molecule has 6 heteroatoms. The fourth-order valence-corrected chi connectivity index (χ4v) is 4.70. The van der Waals surface area contributed by atoms with Crippen LogP contribution in [-0.4, -0.2) is 37.2 Å². The number of unbranched alkanes of at least 4 members (excludes halogenated alkanes) is 8. The van der Waals surface area contributed by atoms with Crippen molar-refractivity contribution in [1.29, 1.82) is 0 Å². The number of esters is 3. The van der Waals surface area contributed by atoms with Gasteiger partial charge in [-0.1, -0.05) is 132 Å². The van der Waals surface area contributed by atoms with Crippen LogP contribution in [0.5, 0.6) is 0 Å². The number of carbonyl (C=O) groups is 3. The minimum Gasteiger partial charge on any atom is -0.462 e. The summed E-state index contributed by atoms with van der Waals surface area (Å²) in [6, 6.07) is 0. The minimum atomic E-state index is -0.823. The smallest absolute Gasteiger partial charge is 0.306 e. The fraction of sp³-hybridized carbons (Fsp3) is 0.614. The van der Waals surface area contributed by atoms with E-state index in [-0.39, 0.29) is 44.0 Å². The Morgan fingerprint density at radius 1 is 0.420 bits per heavy atom. The van der Waals surface area contributed by atoms with Crippen molar-refractivity contribution in [3.8, 4) is 0 Å². The van der Waals surface area contributed by atoms with Crippen molar-refractivity contribution >= 4 is 17.9 Å². The van der Waals surface area contributed by atoms with Gasteiger partial charge in [0, 0.05) is 19.3 Å². The summed E-state index contributed by atoms with van der Waals surface area (Å²) in [5.41, 5.74) is 0. The summed E-state index contributed by atoms with van der Waals surface area (Å²) in [6.07, 6.45) is 47.3. The van der Waals surface area contributed by atoms with Gasteiger partial charge in [0.15, 0.2) is 6.10 Å². The van der Waals surface area contributed by atoms with Gasteiger partial charge in [-0.2, -0.15) is 0 Å². The van der Waals surface area contributed by atoms with Crippen molar-refractivity contribution < 1.29 is 28.6 Å². The van der Waals surface area contributed by atoms with Crippen molar-refractivity contribution in [1.82, 2.24) is 0 Å². The van der Waals surface area contributed by atoms with E-state index < -0.39 is 6.10 Å². The van der Waals surface area contributed by atoms with Gasteiger partial charge in [-0.3, -0.25) is 14.4 Å². The summed E-state index contributed by atoms with van der Waals surface area (Å²) in [5, 5.41) is 0. The zero-order valence-corrected chi connectivity index (χ0v) is 31.9. The third-order valence-corrected chi connectivity index (χ3v) is 7.61. The van der Waals surface area contributed by atoms with Crippen molar-refractivity contribution in [3.63, 3.8) is 0 Å². The van der Waals surface area contributed by atoms with Crippen LogP contribution in [0, 0.1) is 0 Å². The standard InChI is InChI=1S/C44H70O6/c1-4-7-10-13-16-19-22-25-28-31-34-37-43(46)49-40-41(39-48-42(45)36-33-30-27-24-21-18-15-12-9-6-3)50-44(47)38-35-32-29-26-23-20-17-14-11-8-5-2/h7-8,10-11,15-20,25-26,28-29,41H,4-6,9,12-14,21-24,27,30-40H2,1-3H3/b10-7-,11-8-,18-15-,19-16-,20-17-,28-25-,29-26-. The van der Waals surface area contributed by atoms with Gasteiger partial charge in [-0.05, 0) is 89.9 Å². The fourth-order valence-electron chi connectivity index (χ4n) is 4.70. The van der Waals surface area contributed by atoms with Crippen molar-refractivity contribution in [2.45, 2.75) is 162 Å². The second kappa shape index (κ2) is 38.4. The molecular formula is C44H70O6. The highest BCUT2D eigenvalue weighted by Gasteiger charge is 2.19. The molecule has 1 atom stereocenters. The number of hydrogen-bond acceptors (Lipinski definition) is 6. The maximum Gasteiger partial charge on any atom is 0.306 e. The lowest BCUT2D eigenvalue weighted by Gasteiger charge is -2.18. The van der Waals surface area contributed by atoms with Gasteiger partial charge in [0.05, 0.1) is 0 Å². The van der Waals surface area contributed by atoms with Crippen LogP contribution < -0.4 is 0 Å². The second-order valence-electron chi connectivity index (χ2n) is 12.4. The maximum absolute atomic E-state index is 12.6. The molecule has 0 fully saturated rings. The molecule has 1 unspecified atom stereocenters. The van der Waals surface area contributed by atoms with E-state index in [2.05, 4.69) is 106 Å². The summed E-state index contributed by atoms with van der Waals surface area (Å²) in [4.78, 5) is 37.4. The first-order valence-corrected chi connectivity index (χ1v) is 19.6. The molecule has 0 bridgehead atoms. The highest BCUT2D eigenvalue weighted by atomic mass is 16.6. The molecule has 6 nitrogen and oxygen atoms in total. The van der Waals surface area contributed by atoms with Gasteiger partial charge in [0.2, 0.25) is 0 Å². The first-order chi connectivity index (χ1) is 24.5. The van der Waals surface area contributed by atoms with E-state index in [0.29, 0.717) is 19.3 Å². The number of rotatable bonds is 33. The Kier molecular flexibility index (Phi) is 35.8. The molecule has 0 amide bonds. The first kappa shape index (κ1) is 46.6. The van der Waals surface area contributed by atoms with Gasteiger partial charge in [0.25, 0.3) is 0 Å². The third kappa shape index (κ3) is 35.9. The van der Waals surface area contributed by atoms with Crippen molar-refractivity contribution in [3.05, 3.63) is 85.1 Å². The van der Waals surface area contributed by atoms with Crippen molar-refractivity contribution in [2.24, 2.45) is 0 Å². The topological polar surface area (TPSA) is 78.9 Å². The summed E-state index contributed by atoms with van der Waals surface area (Å²) < 4.78 is 16.5. The monoisotopic (exact) mass is 695 g/mol. The molecule has 0 aromatic carbocycles. The van der Waals surface area contributed by atoms with Gasteiger partial charge in [-0.25, -0.2) is 0 Å². The lowest BCUT2D eigenvalue weighted by Crippen LogP contribution is -2.30. The largest absolute Gasteiger partial charge is 0.462 e. The first-order valence-electron chi connectivity index (χ1n) is 19.6. The molecule has 0 aromatic heterocycles. The van der Waals surface area contributed by atoms with Crippen molar-refractivity contribution in [2.75, 3.05) is 13.2 Å². The summed E-state index contributed by atoms with van der Waals surface area (Å²) in [7, 11) is 0. The maximum atomic E-state index is 12.6. The number of carbonyl (C=O) groups excluding carboxylic acids is 3. The van der Waals surface area contributed by atoms with Crippen LogP contribution in [0.15, 0.2) is 85.1 Å². The van der Waals surface area contributed by atoms with E-state index >= 15 is 0 Å². The zero-order chi connectivity index (χ0) is 36.6. The summed E-state index contributed by atoms with van der Waals surface area (Å²) >= 11 is 0. The molecule has 0 heterocycles. The Hall–Kier alpha value is -3.41. The minimum absolute atomic E-state index is 0.120. The van der Waals surface area contributed by atoms with Gasteiger partial charge in [0.1, 0.15) is 13.2 Å².